The van der Waals surface area contributed by atoms with Crippen LogP contribution in [0.5, 0.6) is 0 Å². The lowest BCUT2D eigenvalue weighted by molar-refractivity contribution is 0.176. The van der Waals surface area contributed by atoms with Crippen LogP contribution in [0, 0.1) is 17.2 Å². The second-order valence-electron chi connectivity index (χ2n) is 7.21. The van der Waals surface area contributed by atoms with E-state index in [2.05, 4.69) is 47.5 Å². The maximum atomic E-state index is 8.82. The van der Waals surface area contributed by atoms with Crippen LogP contribution in [0.3, 0.4) is 0 Å². The summed E-state index contributed by atoms with van der Waals surface area (Å²) < 4.78 is 0. The van der Waals surface area contributed by atoms with Gasteiger partial charge in [-0.05, 0) is 54.1 Å². The predicted molar refractivity (Wildman–Crippen MR) is 102 cm³/mol. The molecule has 0 saturated carbocycles. The molecule has 1 aliphatic rings. The summed E-state index contributed by atoms with van der Waals surface area (Å²) in [4.78, 5) is 2.58. The first-order chi connectivity index (χ1) is 12.2. The van der Waals surface area contributed by atoms with E-state index in [-0.39, 0.29) is 0 Å². The zero-order valence-electron chi connectivity index (χ0n) is 15.0. The number of nitriles is 1. The molecule has 1 aliphatic heterocycles. The molecule has 1 fully saturated rings. The highest BCUT2D eigenvalue weighted by Gasteiger charge is 2.15. The van der Waals surface area contributed by atoms with Crippen molar-refractivity contribution < 1.29 is 0 Å². The fraction of sp³-hybridized carbons (Fsp3) is 0.409. The lowest BCUT2D eigenvalue weighted by Crippen LogP contribution is -2.33. The summed E-state index contributed by atoms with van der Waals surface area (Å²) in [5.74, 6) is 0.833. The molecule has 1 saturated heterocycles. The molecule has 25 heavy (non-hydrogen) atoms. The molecular weight excluding hydrogens is 306 g/mol. The fourth-order valence-corrected chi connectivity index (χ4v) is 3.50. The van der Waals surface area contributed by atoms with Gasteiger partial charge in [0.05, 0.1) is 11.6 Å². The Morgan fingerprint density at radius 3 is 2.20 bits per heavy atom. The molecule has 0 amide bonds. The van der Waals surface area contributed by atoms with E-state index in [9.17, 15) is 0 Å². The maximum Gasteiger partial charge on any atom is 0.0991 e. The van der Waals surface area contributed by atoms with Gasteiger partial charge in [0.1, 0.15) is 0 Å². The summed E-state index contributed by atoms with van der Waals surface area (Å²) in [6.07, 6.45) is 2.71. The van der Waals surface area contributed by atoms with Crippen molar-refractivity contribution in [3.05, 3.63) is 70.8 Å². The van der Waals surface area contributed by atoms with E-state index >= 15 is 0 Å². The van der Waals surface area contributed by atoms with Gasteiger partial charge in [0.25, 0.3) is 0 Å². The van der Waals surface area contributed by atoms with E-state index in [0.717, 1.165) is 25.6 Å². The molecule has 0 bridgehead atoms. The van der Waals surface area contributed by atoms with Crippen molar-refractivity contribution in [2.45, 2.75) is 39.4 Å². The van der Waals surface area contributed by atoms with Gasteiger partial charge < -0.3 is 5.32 Å². The number of benzene rings is 2. The van der Waals surface area contributed by atoms with Crippen LogP contribution < -0.4 is 5.32 Å². The Hall–Kier alpha value is -2.15. The lowest BCUT2D eigenvalue weighted by Gasteiger charge is -2.30. The molecule has 0 radical (unpaired) electrons. The first kappa shape index (κ1) is 17.7. The summed E-state index contributed by atoms with van der Waals surface area (Å²) in [6, 6.07) is 18.9. The Balaban J connectivity index is 1.45. The smallest absolute Gasteiger partial charge is 0.0991 e. The molecule has 0 spiro atoms. The molecule has 1 N–H and O–H groups in total. The second-order valence-corrected chi connectivity index (χ2v) is 7.21. The highest BCUT2D eigenvalue weighted by Crippen LogP contribution is 2.18. The van der Waals surface area contributed by atoms with Crippen molar-refractivity contribution >= 4 is 0 Å². The molecule has 0 aliphatic carbocycles. The SMILES string of the molecule is CC1CCCN(Cc2ccc(CNCc3ccc(C#N)cc3)cc2)C1. The first-order valence-corrected chi connectivity index (χ1v) is 9.23. The van der Waals surface area contributed by atoms with Gasteiger partial charge in [0, 0.05) is 26.2 Å². The third kappa shape index (κ3) is 5.42. The van der Waals surface area contributed by atoms with Crippen molar-refractivity contribution in [3.63, 3.8) is 0 Å². The van der Waals surface area contributed by atoms with E-state index in [4.69, 9.17) is 5.26 Å². The van der Waals surface area contributed by atoms with Crippen LogP contribution >= 0.6 is 0 Å². The van der Waals surface area contributed by atoms with Crippen LogP contribution in [-0.4, -0.2) is 18.0 Å². The van der Waals surface area contributed by atoms with Crippen molar-refractivity contribution in [2.75, 3.05) is 13.1 Å². The number of nitrogens with one attached hydrogen (secondary N) is 1. The summed E-state index contributed by atoms with van der Waals surface area (Å²) >= 11 is 0. The Morgan fingerprint density at radius 2 is 1.60 bits per heavy atom. The zero-order valence-corrected chi connectivity index (χ0v) is 15.0. The molecule has 130 valence electrons. The molecule has 1 heterocycles. The van der Waals surface area contributed by atoms with Gasteiger partial charge in [0.2, 0.25) is 0 Å². The minimum absolute atomic E-state index is 0.711. The highest BCUT2D eigenvalue weighted by atomic mass is 15.1. The minimum atomic E-state index is 0.711. The molecule has 3 nitrogen and oxygen atoms in total. The third-order valence-corrected chi connectivity index (χ3v) is 4.91. The average molecular weight is 333 g/mol. The summed E-state index contributed by atoms with van der Waals surface area (Å²) in [6.45, 7) is 7.57. The van der Waals surface area contributed by atoms with Gasteiger partial charge in [-0.3, -0.25) is 4.90 Å². The lowest BCUT2D eigenvalue weighted by atomic mass is 9.99. The number of hydrogen-bond acceptors (Lipinski definition) is 3. The van der Waals surface area contributed by atoms with Crippen LogP contribution in [0.4, 0.5) is 0 Å². The number of piperidine rings is 1. The maximum absolute atomic E-state index is 8.82. The van der Waals surface area contributed by atoms with Gasteiger partial charge >= 0.3 is 0 Å². The molecule has 0 aromatic heterocycles. The largest absolute Gasteiger partial charge is 0.309 e. The molecule has 3 heteroatoms. The number of likely N-dealkylation sites (tertiary alicyclic amines) is 1. The van der Waals surface area contributed by atoms with Crippen LogP contribution in [0.2, 0.25) is 0 Å². The fourth-order valence-electron chi connectivity index (χ4n) is 3.50. The van der Waals surface area contributed by atoms with Crippen molar-refractivity contribution in [1.82, 2.24) is 10.2 Å². The van der Waals surface area contributed by atoms with Crippen molar-refractivity contribution in [2.24, 2.45) is 5.92 Å². The zero-order chi connectivity index (χ0) is 17.5. The summed E-state index contributed by atoms with van der Waals surface area (Å²) in [7, 11) is 0. The normalized spacial score (nSPS) is 18.0. The molecule has 1 atom stereocenters. The monoisotopic (exact) mass is 333 g/mol. The van der Waals surface area contributed by atoms with E-state index in [1.54, 1.807) is 0 Å². The van der Waals surface area contributed by atoms with E-state index in [0.29, 0.717) is 5.56 Å². The van der Waals surface area contributed by atoms with Gasteiger partial charge in [0.15, 0.2) is 0 Å². The Morgan fingerprint density at radius 1 is 1.00 bits per heavy atom. The molecule has 2 aromatic carbocycles. The predicted octanol–water partition coefficient (Wildman–Crippen LogP) is 4.08. The summed E-state index contributed by atoms with van der Waals surface area (Å²) in [5, 5.41) is 12.3. The van der Waals surface area contributed by atoms with Crippen molar-refractivity contribution in [1.29, 1.82) is 5.26 Å². The molecular formula is C22H27N3. The minimum Gasteiger partial charge on any atom is -0.309 e. The number of rotatable bonds is 6. The van der Waals surface area contributed by atoms with Crippen LogP contribution in [0.1, 0.15) is 42.0 Å². The Bertz CT molecular complexity index is 698. The van der Waals surface area contributed by atoms with Gasteiger partial charge in [-0.1, -0.05) is 43.3 Å². The van der Waals surface area contributed by atoms with Crippen LogP contribution in [-0.2, 0) is 19.6 Å². The number of hydrogen-bond donors (Lipinski definition) is 1. The molecule has 2 aromatic rings. The number of nitrogens with zero attached hydrogens (tertiary/aromatic N) is 2. The Kier molecular flexibility index (Phi) is 6.22. The molecule has 3 rings (SSSR count). The topological polar surface area (TPSA) is 39.1 Å². The molecule has 1 unspecified atom stereocenters. The standard InChI is InChI=1S/C22H27N3/c1-18-3-2-12-25(16-18)17-22-10-8-21(9-11-22)15-24-14-20-6-4-19(13-23)5-7-20/h4-11,18,24H,2-3,12,14-17H2,1H3. The van der Waals surface area contributed by atoms with E-state index in [1.807, 2.05) is 24.3 Å². The summed E-state index contributed by atoms with van der Waals surface area (Å²) in [5.41, 5.74) is 4.63. The average Bonchev–Trinajstić information content (AvgIpc) is 2.64. The van der Waals surface area contributed by atoms with Gasteiger partial charge in [-0.2, -0.15) is 5.26 Å². The van der Waals surface area contributed by atoms with E-state index < -0.39 is 0 Å². The van der Waals surface area contributed by atoms with Gasteiger partial charge in [-0.25, -0.2) is 0 Å². The highest BCUT2D eigenvalue weighted by molar-refractivity contribution is 5.31. The van der Waals surface area contributed by atoms with E-state index in [1.165, 1.54) is 42.6 Å². The first-order valence-electron chi connectivity index (χ1n) is 9.23. The van der Waals surface area contributed by atoms with Crippen molar-refractivity contribution in [3.8, 4) is 6.07 Å². The van der Waals surface area contributed by atoms with Crippen LogP contribution in [0.15, 0.2) is 48.5 Å². The third-order valence-electron chi connectivity index (χ3n) is 4.91. The second kappa shape index (κ2) is 8.80. The Labute approximate surface area is 151 Å². The van der Waals surface area contributed by atoms with Crippen LogP contribution in [0.25, 0.3) is 0 Å². The quantitative estimate of drug-likeness (QED) is 0.866. The van der Waals surface area contributed by atoms with Gasteiger partial charge in [-0.15, -0.1) is 0 Å².